The molecule has 0 aromatic carbocycles. The van der Waals surface area contributed by atoms with Crippen molar-refractivity contribution < 1.29 is 13.2 Å². The first-order valence-corrected chi connectivity index (χ1v) is 7.99. The van der Waals surface area contributed by atoms with E-state index in [4.69, 9.17) is 4.74 Å². The van der Waals surface area contributed by atoms with Crippen molar-refractivity contribution in [1.29, 1.82) is 0 Å². The number of piperazine rings is 1. The molecule has 6 heteroatoms. The second kappa shape index (κ2) is 4.50. The van der Waals surface area contributed by atoms with Gasteiger partial charge >= 0.3 is 0 Å². The van der Waals surface area contributed by atoms with Gasteiger partial charge in [0.05, 0.1) is 6.61 Å². The molecule has 3 heterocycles. The monoisotopic (exact) mass is 260 g/mol. The molecule has 3 fully saturated rings. The summed E-state index contributed by atoms with van der Waals surface area (Å²) in [5.41, 5.74) is 0. The molecule has 0 radical (unpaired) electrons. The Morgan fingerprint density at radius 3 is 2.76 bits per heavy atom. The van der Waals surface area contributed by atoms with Crippen LogP contribution in [0.3, 0.4) is 0 Å². The van der Waals surface area contributed by atoms with Crippen molar-refractivity contribution in [1.82, 2.24) is 9.21 Å². The predicted molar refractivity (Wildman–Crippen MR) is 64.3 cm³/mol. The molecule has 0 aliphatic carbocycles. The molecule has 0 N–H and O–H groups in total. The fourth-order valence-electron chi connectivity index (χ4n) is 3.15. The first kappa shape index (κ1) is 11.9. The molecule has 0 aromatic rings. The minimum atomic E-state index is -3.12. The van der Waals surface area contributed by atoms with E-state index in [-0.39, 0.29) is 5.25 Å². The molecule has 5 nitrogen and oxygen atoms in total. The highest BCUT2D eigenvalue weighted by Gasteiger charge is 2.40. The van der Waals surface area contributed by atoms with Crippen LogP contribution in [0, 0.1) is 0 Å². The van der Waals surface area contributed by atoms with E-state index in [1.807, 2.05) is 0 Å². The fraction of sp³-hybridized carbons (Fsp3) is 1.00. The van der Waals surface area contributed by atoms with Crippen LogP contribution in [0.1, 0.15) is 19.3 Å². The van der Waals surface area contributed by atoms with Crippen LogP contribution in [-0.2, 0) is 14.8 Å². The van der Waals surface area contributed by atoms with Crippen molar-refractivity contribution in [3.05, 3.63) is 0 Å². The van der Waals surface area contributed by atoms with Crippen LogP contribution in [0.4, 0.5) is 0 Å². The molecule has 0 aromatic heterocycles. The molecule has 17 heavy (non-hydrogen) atoms. The van der Waals surface area contributed by atoms with Crippen LogP contribution < -0.4 is 0 Å². The summed E-state index contributed by atoms with van der Waals surface area (Å²) in [5, 5.41) is -0.296. The zero-order chi connectivity index (χ0) is 11.9. The summed E-state index contributed by atoms with van der Waals surface area (Å²) in [7, 11) is -3.12. The Morgan fingerprint density at radius 2 is 2.00 bits per heavy atom. The number of rotatable bonds is 2. The lowest BCUT2D eigenvalue weighted by molar-refractivity contribution is 0.156. The maximum absolute atomic E-state index is 12.4. The second-order valence-corrected chi connectivity index (χ2v) is 7.43. The Bertz CT molecular complexity index is 378. The molecule has 2 unspecified atom stereocenters. The quantitative estimate of drug-likeness (QED) is 0.695. The number of nitrogens with zero attached hydrogens (tertiary/aromatic N) is 2. The van der Waals surface area contributed by atoms with Gasteiger partial charge in [0.2, 0.25) is 10.0 Å². The van der Waals surface area contributed by atoms with Gasteiger partial charge < -0.3 is 4.74 Å². The van der Waals surface area contributed by atoms with Crippen LogP contribution in [-0.4, -0.2) is 68.3 Å². The lowest BCUT2D eigenvalue weighted by Gasteiger charge is -2.37. The topological polar surface area (TPSA) is 49.9 Å². The highest BCUT2D eigenvalue weighted by Crippen LogP contribution is 2.26. The van der Waals surface area contributed by atoms with Gasteiger partial charge in [0.25, 0.3) is 0 Å². The van der Waals surface area contributed by atoms with Crippen molar-refractivity contribution in [3.8, 4) is 0 Å². The van der Waals surface area contributed by atoms with Gasteiger partial charge in [0.1, 0.15) is 5.25 Å². The average molecular weight is 260 g/mol. The van der Waals surface area contributed by atoms with Crippen molar-refractivity contribution in [2.45, 2.75) is 30.6 Å². The molecular formula is C11H20N2O3S. The van der Waals surface area contributed by atoms with Crippen molar-refractivity contribution in [2.75, 3.05) is 39.4 Å². The van der Waals surface area contributed by atoms with Gasteiger partial charge in [-0.1, -0.05) is 0 Å². The van der Waals surface area contributed by atoms with Crippen LogP contribution in [0.15, 0.2) is 0 Å². The van der Waals surface area contributed by atoms with E-state index in [1.54, 1.807) is 4.31 Å². The molecule has 0 bridgehead atoms. The minimum absolute atomic E-state index is 0.296. The number of fused-ring (bicyclic) bond motifs is 1. The summed E-state index contributed by atoms with van der Waals surface area (Å²) in [5.74, 6) is 0. The van der Waals surface area contributed by atoms with Gasteiger partial charge in [0, 0.05) is 32.3 Å². The third-order valence-corrected chi connectivity index (χ3v) is 6.48. The van der Waals surface area contributed by atoms with Gasteiger partial charge in [0.15, 0.2) is 0 Å². The minimum Gasteiger partial charge on any atom is -0.380 e. The zero-order valence-corrected chi connectivity index (χ0v) is 10.9. The van der Waals surface area contributed by atoms with Crippen LogP contribution in [0.25, 0.3) is 0 Å². The Morgan fingerprint density at radius 1 is 1.12 bits per heavy atom. The summed E-state index contributed by atoms with van der Waals surface area (Å²) in [6.07, 6.45) is 3.02. The Balaban J connectivity index is 1.71. The molecule has 3 aliphatic heterocycles. The van der Waals surface area contributed by atoms with Gasteiger partial charge in [-0.25, -0.2) is 8.42 Å². The van der Waals surface area contributed by atoms with E-state index in [0.29, 0.717) is 38.8 Å². The number of sulfonamides is 1. The summed E-state index contributed by atoms with van der Waals surface area (Å²) < 4.78 is 31.7. The second-order valence-electron chi connectivity index (χ2n) is 5.22. The highest BCUT2D eigenvalue weighted by molar-refractivity contribution is 7.89. The average Bonchev–Trinajstić information content (AvgIpc) is 2.99. The van der Waals surface area contributed by atoms with E-state index < -0.39 is 10.0 Å². The molecule has 98 valence electrons. The molecule has 0 spiro atoms. The van der Waals surface area contributed by atoms with E-state index in [2.05, 4.69) is 4.90 Å². The Hall–Kier alpha value is -0.170. The first-order chi connectivity index (χ1) is 8.18. The van der Waals surface area contributed by atoms with Gasteiger partial charge in [-0.3, -0.25) is 4.90 Å². The first-order valence-electron chi connectivity index (χ1n) is 6.49. The largest absolute Gasteiger partial charge is 0.380 e. The molecule has 2 atom stereocenters. The lowest BCUT2D eigenvalue weighted by Crippen LogP contribution is -2.54. The Labute approximate surface area is 103 Å². The summed E-state index contributed by atoms with van der Waals surface area (Å²) in [4.78, 5) is 2.43. The molecular weight excluding hydrogens is 240 g/mol. The van der Waals surface area contributed by atoms with Crippen molar-refractivity contribution >= 4 is 10.0 Å². The number of hydrogen-bond acceptors (Lipinski definition) is 4. The maximum atomic E-state index is 12.4. The number of hydrogen-bond donors (Lipinski definition) is 0. The van der Waals surface area contributed by atoms with Gasteiger partial charge in [-0.15, -0.1) is 0 Å². The van der Waals surface area contributed by atoms with E-state index >= 15 is 0 Å². The van der Waals surface area contributed by atoms with Crippen LogP contribution in [0.5, 0.6) is 0 Å². The molecule has 3 aliphatic rings. The van der Waals surface area contributed by atoms with Crippen LogP contribution >= 0.6 is 0 Å². The van der Waals surface area contributed by atoms with E-state index in [9.17, 15) is 8.42 Å². The zero-order valence-electron chi connectivity index (χ0n) is 10.0. The summed E-state index contributed by atoms with van der Waals surface area (Å²) in [6.45, 7) is 4.37. The van der Waals surface area contributed by atoms with Crippen molar-refractivity contribution in [2.24, 2.45) is 0 Å². The van der Waals surface area contributed by atoms with E-state index in [1.165, 1.54) is 6.42 Å². The maximum Gasteiger partial charge on any atom is 0.219 e. The highest BCUT2D eigenvalue weighted by atomic mass is 32.2. The van der Waals surface area contributed by atoms with Crippen molar-refractivity contribution in [3.63, 3.8) is 0 Å². The SMILES string of the molecule is O=S(=O)(C1CCOC1)N1CCN2CCCC2C1. The third kappa shape index (κ3) is 2.12. The molecule has 0 saturated carbocycles. The lowest BCUT2D eigenvalue weighted by atomic mass is 10.2. The van der Waals surface area contributed by atoms with Crippen LogP contribution in [0.2, 0.25) is 0 Å². The predicted octanol–water partition coefficient (Wildman–Crippen LogP) is -0.115. The Kier molecular flexibility index (Phi) is 3.15. The normalized spacial score (nSPS) is 36.2. The summed E-state index contributed by atoms with van der Waals surface area (Å²) in [6, 6.07) is 0.459. The summed E-state index contributed by atoms with van der Waals surface area (Å²) >= 11 is 0. The molecule has 3 rings (SSSR count). The smallest absolute Gasteiger partial charge is 0.219 e. The van der Waals surface area contributed by atoms with E-state index in [0.717, 1.165) is 19.5 Å². The fourth-order valence-corrected chi connectivity index (χ4v) is 4.95. The van der Waals surface area contributed by atoms with Gasteiger partial charge in [-0.05, 0) is 25.8 Å². The molecule has 0 amide bonds. The van der Waals surface area contributed by atoms with Gasteiger partial charge in [-0.2, -0.15) is 4.31 Å². The number of ether oxygens (including phenoxy) is 1. The third-order valence-electron chi connectivity index (χ3n) is 4.22. The molecule has 3 saturated heterocycles. The standard InChI is InChI=1S/C11H20N2O3S/c14-17(15,11-3-7-16-9-11)13-6-5-12-4-1-2-10(12)8-13/h10-11H,1-9H2.